The van der Waals surface area contributed by atoms with Crippen molar-refractivity contribution in [2.24, 2.45) is 5.92 Å². The van der Waals surface area contributed by atoms with Gasteiger partial charge < -0.3 is 4.74 Å². The Morgan fingerprint density at radius 1 is 1.29 bits per heavy atom. The number of hydrogen-bond acceptors (Lipinski definition) is 2. The Hall–Kier alpha value is -1.05. The van der Waals surface area contributed by atoms with Crippen LogP contribution in [0.1, 0.15) is 63.6 Å². The highest BCUT2D eigenvalue weighted by Crippen LogP contribution is 2.41. The van der Waals surface area contributed by atoms with Crippen LogP contribution in [0.25, 0.3) is 0 Å². The van der Waals surface area contributed by atoms with E-state index in [-0.39, 0.29) is 0 Å². The minimum absolute atomic E-state index is 0.466. The molecule has 1 aromatic heterocycles. The Balaban J connectivity index is 2.52. The van der Waals surface area contributed by atoms with Crippen molar-refractivity contribution >= 4 is 0 Å². The fourth-order valence-corrected chi connectivity index (χ4v) is 2.73. The average Bonchev–Trinajstić information content (AvgIpc) is 2.50. The van der Waals surface area contributed by atoms with Crippen LogP contribution in [-0.2, 0) is 0 Å². The monoisotopic (exact) mass is 233 g/mol. The molecular formula is C15H23NO. The number of rotatable bonds is 2. The van der Waals surface area contributed by atoms with Crippen LogP contribution in [-0.4, -0.2) is 11.6 Å². The molecule has 1 unspecified atom stereocenters. The Kier molecular flexibility index (Phi) is 3.70. The molecule has 2 heteroatoms. The molecule has 0 radical (unpaired) electrons. The maximum Gasteiger partial charge on any atom is 0.126 e. The van der Waals surface area contributed by atoms with Crippen LogP contribution in [0.2, 0.25) is 0 Å². The van der Waals surface area contributed by atoms with Gasteiger partial charge in [-0.15, -0.1) is 0 Å². The first kappa shape index (κ1) is 12.4. The second kappa shape index (κ2) is 5.07. The molecule has 2 rings (SSSR count). The molecule has 0 aliphatic carbocycles. The molecule has 0 N–H and O–H groups in total. The summed E-state index contributed by atoms with van der Waals surface area (Å²) in [4.78, 5) is 4.59. The van der Waals surface area contributed by atoms with Gasteiger partial charge in [0.1, 0.15) is 5.75 Å². The van der Waals surface area contributed by atoms with Crippen LogP contribution in [0.15, 0.2) is 12.3 Å². The van der Waals surface area contributed by atoms with Gasteiger partial charge in [0.05, 0.1) is 12.3 Å². The number of nitrogens with zero attached hydrogens (tertiary/aromatic N) is 1. The van der Waals surface area contributed by atoms with E-state index in [2.05, 4.69) is 32.7 Å². The van der Waals surface area contributed by atoms with E-state index in [9.17, 15) is 0 Å². The molecule has 1 aromatic rings. The zero-order valence-corrected chi connectivity index (χ0v) is 11.4. The van der Waals surface area contributed by atoms with Crippen molar-refractivity contribution in [2.45, 2.75) is 52.4 Å². The lowest BCUT2D eigenvalue weighted by Crippen LogP contribution is -2.11. The molecule has 0 aromatic carbocycles. The molecule has 1 aliphatic heterocycles. The van der Waals surface area contributed by atoms with Gasteiger partial charge in [-0.3, -0.25) is 4.98 Å². The highest BCUT2D eigenvalue weighted by molar-refractivity contribution is 5.41. The van der Waals surface area contributed by atoms with Crippen molar-refractivity contribution in [3.63, 3.8) is 0 Å². The van der Waals surface area contributed by atoms with Crippen LogP contribution in [0.3, 0.4) is 0 Å². The highest BCUT2D eigenvalue weighted by Gasteiger charge is 2.26. The van der Waals surface area contributed by atoms with Crippen LogP contribution in [0.5, 0.6) is 5.75 Å². The first-order valence-corrected chi connectivity index (χ1v) is 6.72. The van der Waals surface area contributed by atoms with E-state index in [1.165, 1.54) is 17.7 Å². The maximum absolute atomic E-state index is 5.88. The minimum atomic E-state index is 0.466. The van der Waals surface area contributed by atoms with Crippen LogP contribution >= 0.6 is 0 Å². The number of hydrogen-bond donors (Lipinski definition) is 0. The predicted molar refractivity (Wildman–Crippen MR) is 70.6 cm³/mol. The minimum Gasteiger partial charge on any atom is -0.493 e. The third kappa shape index (κ3) is 2.46. The summed E-state index contributed by atoms with van der Waals surface area (Å²) in [6.07, 6.45) is 4.25. The van der Waals surface area contributed by atoms with Crippen LogP contribution in [0.4, 0.5) is 0 Å². The normalized spacial score (nSPS) is 20.0. The standard InChI is InChI=1S/C15H23NO/c1-10(2)12-6-5-9-17-13-7-8-16-15(11(3)4)14(12)13/h7-8,10-12H,5-6,9H2,1-4H3. The SMILES string of the molecule is CC(C)c1nccc2c1C(C(C)C)CCCO2. The van der Waals surface area contributed by atoms with Crippen molar-refractivity contribution in [3.05, 3.63) is 23.5 Å². The molecule has 0 bridgehead atoms. The van der Waals surface area contributed by atoms with Crippen LogP contribution < -0.4 is 4.74 Å². The van der Waals surface area contributed by atoms with Gasteiger partial charge in [-0.2, -0.15) is 0 Å². The summed E-state index contributed by atoms with van der Waals surface area (Å²) < 4.78 is 5.88. The highest BCUT2D eigenvalue weighted by atomic mass is 16.5. The fraction of sp³-hybridized carbons (Fsp3) is 0.667. The van der Waals surface area contributed by atoms with Gasteiger partial charge >= 0.3 is 0 Å². The average molecular weight is 233 g/mol. The molecule has 2 nitrogen and oxygen atoms in total. The molecule has 1 aliphatic rings. The quantitative estimate of drug-likeness (QED) is 0.766. The largest absolute Gasteiger partial charge is 0.493 e. The molecule has 0 saturated heterocycles. The Labute approximate surface area is 104 Å². The molecule has 0 fully saturated rings. The summed E-state index contributed by atoms with van der Waals surface area (Å²) >= 11 is 0. The van der Waals surface area contributed by atoms with Gasteiger partial charge in [-0.25, -0.2) is 0 Å². The second-order valence-corrected chi connectivity index (χ2v) is 5.60. The summed E-state index contributed by atoms with van der Waals surface area (Å²) in [5, 5.41) is 0. The molecule has 0 saturated carbocycles. The zero-order valence-electron chi connectivity index (χ0n) is 11.4. The smallest absolute Gasteiger partial charge is 0.126 e. The summed E-state index contributed by atoms with van der Waals surface area (Å²) in [5.74, 6) is 2.78. The van der Waals surface area contributed by atoms with E-state index < -0.39 is 0 Å². The summed E-state index contributed by atoms with van der Waals surface area (Å²) in [5.41, 5.74) is 2.60. The van der Waals surface area contributed by atoms with Gasteiger partial charge in [0.25, 0.3) is 0 Å². The molecular weight excluding hydrogens is 210 g/mol. The van der Waals surface area contributed by atoms with E-state index in [0.717, 1.165) is 18.8 Å². The lowest BCUT2D eigenvalue weighted by molar-refractivity contribution is 0.314. The topological polar surface area (TPSA) is 22.1 Å². The van der Waals surface area contributed by atoms with Gasteiger partial charge in [0, 0.05) is 11.8 Å². The van der Waals surface area contributed by atoms with E-state index in [1.807, 2.05) is 12.3 Å². The fourth-order valence-electron chi connectivity index (χ4n) is 2.73. The third-order valence-corrected chi connectivity index (χ3v) is 3.62. The lowest BCUT2D eigenvalue weighted by Gasteiger charge is -2.24. The number of aromatic nitrogens is 1. The van der Waals surface area contributed by atoms with Crippen molar-refractivity contribution in [2.75, 3.05) is 6.61 Å². The van der Waals surface area contributed by atoms with Gasteiger partial charge in [0.15, 0.2) is 0 Å². The van der Waals surface area contributed by atoms with Crippen molar-refractivity contribution in [1.29, 1.82) is 0 Å². The van der Waals surface area contributed by atoms with E-state index in [0.29, 0.717) is 17.8 Å². The first-order chi connectivity index (χ1) is 8.11. The van der Waals surface area contributed by atoms with Crippen molar-refractivity contribution in [1.82, 2.24) is 4.98 Å². The van der Waals surface area contributed by atoms with Gasteiger partial charge in [-0.05, 0) is 36.7 Å². The predicted octanol–water partition coefficient (Wildman–Crippen LogP) is 4.12. The Morgan fingerprint density at radius 3 is 2.71 bits per heavy atom. The molecule has 94 valence electrons. The second-order valence-electron chi connectivity index (χ2n) is 5.60. The van der Waals surface area contributed by atoms with Crippen molar-refractivity contribution in [3.8, 4) is 5.75 Å². The molecule has 1 atom stereocenters. The number of ether oxygens (including phenoxy) is 1. The lowest BCUT2D eigenvalue weighted by atomic mass is 9.82. The first-order valence-electron chi connectivity index (χ1n) is 6.72. The summed E-state index contributed by atoms with van der Waals surface area (Å²) in [7, 11) is 0. The summed E-state index contributed by atoms with van der Waals surface area (Å²) in [6.45, 7) is 9.88. The molecule has 0 amide bonds. The molecule has 0 spiro atoms. The molecule has 2 heterocycles. The Morgan fingerprint density at radius 2 is 2.06 bits per heavy atom. The number of pyridine rings is 1. The van der Waals surface area contributed by atoms with E-state index in [4.69, 9.17) is 4.74 Å². The van der Waals surface area contributed by atoms with Crippen molar-refractivity contribution < 1.29 is 4.74 Å². The third-order valence-electron chi connectivity index (χ3n) is 3.62. The Bertz CT molecular complexity index is 385. The van der Waals surface area contributed by atoms with Crippen LogP contribution in [0, 0.1) is 5.92 Å². The molecule has 17 heavy (non-hydrogen) atoms. The van der Waals surface area contributed by atoms with Gasteiger partial charge in [-0.1, -0.05) is 27.7 Å². The van der Waals surface area contributed by atoms with Gasteiger partial charge in [0.2, 0.25) is 0 Å². The summed E-state index contributed by atoms with van der Waals surface area (Å²) in [6, 6.07) is 2.03. The van der Waals surface area contributed by atoms with E-state index >= 15 is 0 Å². The maximum atomic E-state index is 5.88. The van der Waals surface area contributed by atoms with E-state index in [1.54, 1.807) is 0 Å². The zero-order chi connectivity index (χ0) is 12.4. The number of fused-ring (bicyclic) bond motifs is 1.